The van der Waals surface area contributed by atoms with E-state index in [4.69, 9.17) is 5.14 Å². The van der Waals surface area contributed by atoms with E-state index in [0.717, 1.165) is 19.3 Å². The van der Waals surface area contributed by atoms with E-state index in [1.807, 2.05) is 6.92 Å². The molecule has 2 N–H and O–H groups in total. The quantitative estimate of drug-likeness (QED) is 0.684. The van der Waals surface area contributed by atoms with Crippen LogP contribution in [-0.4, -0.2) is 13.7 Å². The minimum Gasteiger partial charge on any atom is -0.228 e. The summed E-state index contributed by atoms with van der Waals surface area (Å²) in [5.74, 6) is 0.393. The highest BCUT2D eigenvalue weighted by Crippen LogP contribution is 2.39. The molecule has 0 amide bonds. The summed E-state index contributed by atoms with van der Waals surface area (Å²) in [5.41, 5.74) is 0. The summed E-state index contributed by atoms with van der Waals surface area (Å²) in [5, 5.41) is 4.83. The van der Waals surface area contributed by atoms with Gasteiger partial charge in [0.25, 0.3) is 0 Å². The lowest BCUT2D eigenvalue weighted by molar-refractivity contribution is 0.478. The predicted molar refractivity (Wildman–Crippen MR) is 53.6 cm³/mol. The second-order valence-electron chi connectivity index (χ2n) is 3.89. The van der Waals surface area contributed by atoms with Crippen molar-refractivity contribution >= 4 is 10.0 Å². The lowest BCUT2D eigenvalue weighted by atomic mass is 10.0. The molecule has 13 heavy (non-hydrogen) atoms. The topological polar surface area (TPSA) is 60.2 Å². The Hall–Kier alpha value is -0.350. The molecule has 0 heterocycles. The van der Waals surface area contributed by atoms with Gasteiger partial charge in [-0.25, -0.2) is 13.6 Å². The predicted octanol–water partition coefficient (Wildman–Crippen LogP) is 1.27. The van der Waals surface area contributed by atoms with E-state index >= 15 is 0 Å². The van der Waals surface area contributed by atoms with Gasteiger partial charge in [-0.2, -0.15) is 0 Å². The lowest BCUT2D eigenvalue weighted by Crippen LogP contribution is -2.35. The minimum absolute atomic E-state index is 0.0972. The van der Waals surface area contributed by atoms with Gasteiger partial charge in [-0.15, -0.1) is 6.58 Å². The standard InChI is InChI=1S/C9H17NO2S/c1-3-4-7(2)9(8-5-6-8)13(10,11)12/h3,7-9H,1,4-6H2,2H3,(H2,10,11,12). The largest absolute Gasteiger partial charge is 0.228 e. The summed E-state index contributed by atoms with van der Waals surface area (Å²) in [6, 6.07) is 0. The maximum atomic E-state index is 11.3. The van der Waals surface area contributed by atoms with Crippen LogP contribution in [-0.2, 0) is 10.0 Å². The van der Waals surface area contributed by atoms with Crippen molar-refractivity contribution in [3.05, 3.63) is 12.7 Å². The molecule has 1 fully saturated rings. The maximum absolute atomic E-state index is 11.3. The van der Waals surface area contributed by atoms with E-state index in [1.54, 1.807) is 6.08 Å². The Morgan fingerprint density at radius 3 is 2.46 bits per heavy atom. The molecule has 0 aromatic rings. The molecule has 0 aliphatic heterocycles. The third-order valence-electron chi connectivity index (χ3n) is 2.57. The van der Waals surface area contributed by atoms with Crippen LogP contribution in [0.1, 0.15) is 26.2 Å². The van der Waals surface area contributed by atoms with Crippen molar-refractivity contribution in [2.45, 2.75) is 31.4 Å². The van der Waals surface area contributed by atoms with Crippen LogP contribution in [0, 0.1) is 11.8 Å². The molecular formula is C9H17NO2S. The molecule has 76 valence electrons. The van der Waals surface area contributed by atoms with E-state index in [1.165, 1.54) is 0 Å². The molecule has 1 rings (SSSR count). The Bertz CT molecular complexity index is 280. The summed E-state index contributed by atoms with van der Waals surface area (Å²) in [7, 11) is -3.37. The van der Waals surface area contributed by atoms with E-state index in [-0.39, 0.29) is 11.2 Å². The van der Waals surface area contributed by atoms with Crippen LogP contribution in [0.2, 0.25) is 0 Å². The number of hydrogen-bond donors (Lipinski definition) is 1. The van der Waals surface area contributed by atoms with Crippen molar-refractivity contribution in [3.63, 3.8) is 0 Å². The molecule has 0 aromatic heterocycles. The lowest BCUT2D eigenvalue weighted by Gasteiger charge is -2.20. The number of primary sulfonamides is 1. The van der Waals surface area contributed by atoms with Crippen LogP contribution in [0.5, 0.6) is 0 Å². The van der Waals surface area contributed by atoms with Gasteiger partial charge in [-0.05, 0) is 31.1 Å². The van der Waals surface area contributed by atoms with Crippen LogP contribution in [0.15, 0.2) is 12.7 Å². The molecule has 4 heteroatoms. The van der Waals surface area contributed by atoms with Gasteiger partial charge in [-0.1, -0.05) is 13.0 Å². The second-order valence-corrected chi connectivity index (χ2v) is 5.62. The zero-order valence-electron chi connectivity index (χ0n) is 7.94. The normalized spacial score (nSPS) is 22.3. The van der Waals surface area contributed by atoms with E-state index in [9.17, 15) is 8.42 Å². The number of rotatable bonds is 5. The van der Waals surface area contributed by atoms with Crippen LogP contribution >= 0.6 is 0 Å². The minimum atomic E-state index is -3.37. The van der Waals surface area contributed by atoms with Crippen molar-refractivity contribution in [2.75, 3.05) is 0 Å². The Labute approximate surface area is 80.1 Å². The molecule has 0 bridgehead atoms. The fraction of sp³-hybridized carbons (Fsp3) is 0.778. The van der Waals surface area contributed by atoms with Gasteiger partial charge < -0.3 is 0 Å². The summed E-state index contributed by atoms with van der Waals surface area (Å²) in [6.07, 6.45) is 4.48. The summed E-state index contributed by atoms with van der Waals surface area (Å²) in [6.45, 7) is 5.53. The van der Waals surface area contributed by atoms with Crippen LogP contribution in [0.4, 0.5) is 0 Å². The van der Waals surface area contributed by atoms with Crippen LogP contribution < -0.4 is 5.14 Å². The van der Waals surface area contributed by atoms with Crippen molar-refractivity contribution in [1.29, 1.82) is 0 Å². The Kier molecular flexibility index (Phi) is 3.14. The first-order valence-corrected chi connectivity index (χ1v) is 6.20. The van der Waals surface area contributed by atoms with Crippen molar-refractivity contribution in [1.82, 2.24) is 0 Å². The molecule has 0 aromatic carbocycles. The fourth-order valence-electron chi connectivity index (χ4n) is 1.88. The van der Waals surface area contributed by atoms with Crippen molar-refractivity contribution < 1.29 is 8.42 Å². The van der Waals surface area contributed by atoms with Gasteiger partial charge in [0.2, 0.25) is 10.0 Å². The smallest absolute Gasteiger partial charge is 0.212 e. The highest BCUT2D eigenvalue weighted by Gasteiger charge is 2.41. The molecule has 1 saturated carbocycles. The molecule has 0 radical (unpaired) electrons. The average molecular weight is 203 g/mol. The third kappa shape index (κ3) is 2.81. The zero-order valence-corrected chi connectivity index (χ0v) is 8.76. The van der Waals surface area contributed by atoms with E-state index in [0.29, 0.717) is 5.92 Å². The molecule has 1 aliphatic rings. The molecular weight excluding hydrogens is 186 g/mol. The summed E-state index contributed by atoms with van der Waals surface area (Å²) < 4.78 is 22.5. The van der Waals surface area contributed by atoms with Gasteiger partial charge in [0, 0.05) is 0 Å². The SMILES string of the molecule is C=CCC(C)C(C1CC1)S(N)(=O)=O. The highest BCUT2D eigenvalue weighted by atomic mass is 32.2. The van der Waals surface area contributed by atoms with Gasteiger partial charge in [0.15, 0.2) is 0 Å². The highest BCUT2D eigenvalue weighted by molar-refractivity contribution is 7.89. The number of nitrogens with two attached hydrogens (primary N) is 1. The first-order chi connectivity index (χ1) is 5.96. The third-order valence-corrected chi connectivity index (χ3v) is 4.17. The molecule has 1 aliphatic carbocycles. The zero-order chi connectivity index (χ0) is 10.1. The monoisotopic (exact) mass is 203 g/mol. The fourth-order valence-corrected chi connectivity index (χ4v) is 3.45. The Morgan fingerprint density at radius 1 is 1.62 bits per heavy atom. The summed E-state index contributed by atoms with van der Waals surface area (Å²) in [4.78, 5) is 0. The van der Waals surface area contributed by atoms with Gasteiger partial charge in [0.1, 0.15) is 0 Å². The maximum Gasteiger partial charge on any atom is 0.212 e. The molecule has 2 atom stereocenters. The number of hydrogen-bond acceptors (Lipinski definition) is 2. The second kappa shape index (κ2) is 3.80. The van der Waals surface area contributed by atoms with Gasteiger partial charge in [-0.3, -0.25) is 0 Å². The Morgan fingerprint density at radius 2 is 2.15 bits per heavy atom. The van der Waals surface area contributed by atoms with Gasteiger partial charge >= 0.3 is 0 Å². The van der Waals surface area contributed by atoms with Crippen LogP contribution in [0.3, 0.4) is 0 Å². The Balaban J connectivity index is 2.72. The molecule has 2 unspecified atom stereocenters. The van der Waals surface area contributed by atoms with Gasteiger partial charge in [0.05, 0.1) is 5.25 Å². The van der Waals surface area contributed by atoms with Crippen LogP contribution in [0.25, 0.3) is 0 Å². The van der Waals surface area contributed by atoms with Crippen molar-refractivity contribution in [2.24, 2.45) is 17.0 Å². The number of sulfonamides is 1. The van der Waals surface area contributed by atoms with E-state index < -0.39 is 10.0 Å². The van der Waals surface area contributed by atoms with E-state index in [2.05, 4.69) is 6.58 Å². The number of allylic oxidation sites excluding steroid dienone is 1. The van der Waals surface area contributed by atoms with Crippen molar-refractivity contribution in [3.8, 4) is 0 Å². The summed E-state index contributed by atoms with van der Waals surface area (Å²) >= 11 is 0. The molecule has 0 saturated heterocycles. The average Bonchev–Trinajstić information content (AvgIpc) is 2.68. The molecule has 0 spiro atoms. The first kappa shape index (κ1) is 10.7. The first-order valence-electron chi connectivity index (χ1n) is 4.59. The molecule has 3 nitrogen and oxygen atoms in total.